The van der Waals surface area contributed by atoms with E-state index in [9.17, 15) is 18.0 Å². The van der Waals surface area contributed by atoms with Crippen LogP contribution >= 0.6 is 0 Å². The van der Waals surface area contributed by atoms with Crippen molar-refractivity contribution in [2.24, 2.45) is 0 Å². The van der Waals surface area contributed by atoms with Crippen LogP contribution in [0.3, 0.4) is 0 Å². The number of amides is 2. The van der Waals surface area contributed by atoms with Crippen LogP contribution in [0.1, 0.15) is 22.3 Å². The maximum absolute atomic E-state index is 13.0. The first-order valence-corrected chi connectivity index (χ1v) is 8.71. The van der Waals surface area contributed by atoms with Crippen molar-refractivity contribution in [2.75, 3.05) is 11.1 Å². The Balaban J connectivity index is 1.63. The van der Waals surface area contributed by atoms with Gasteiger partial charge in [0.25, 0.3) is 0 Å². The molecule has 2 aromatic carbocycles. The molecule has 2 amide bonds. The highest BCUT2D eigenvalue weighted by Crippen LogP contribution is 2.31. The highest BCUT2D eigenvalue weighted by molar-refractivity contribution is 5.89. The summed E-state index contributed by atoms with van der Waals surface area (Å²) in [5, 5.41) is 5.00. The fourth-order valence-electron chi connectivity index (χ4n) is 2.52. The van der Waals surface area contributed by atoms with Gasteiger partial charge in [-0.2, -0.15) is 13.2 Å². The third kappa shape index (κ3) is 5.72. The predicted octanol–water partition coefficient (Wildman–Crippen LogP) is 3.80. The fraction of sp³-hybridized carbons (Fsp3) is 0.0952. The Morgan fingerprint density at radius 1 is 1.00 bits per heavy atom. The van der Waals surface area contributed by atoms with Crippen molar-refractivity contribution >= 4 is 17.7 Å². The van der Waals surface area contributed by atoms with Crippen LogP contribution in [0.4, 0.5) is 29.6 Å². The average molecular weight is 411 g/mol. The summed E-state index contributed by atoms with van der Waals surface area (Å²) in [5.41, 5.74) is 6.25. The zero-order valence-corrected chi connectivity index (χ0v) is 15.5. The lowest BCUT2D eigenvalue weighted by atomic mass is 10.1. The van der Waals surface area contributed by atoms with Gasteiger partial charge in [0.15, 0.2) is 0 Å². The molecule has 152 valence electrons. The number of nitrogens with one attached hydrogen (secondary N) is 2. The Kier molecular flexibility index (Phi) is 6.17. The van der Waals surface area contributed by atoms with E-state index in [1.54, 1.807) is 24.3 Å². The number of anilines is 2. The largest absolute Gasteiger partial charge is 0.416 e. The number of aromatic nitrogens is 2. The number of alkyl halides is 3. The minimum absolute atomic E-state index is 0.0227. The Morgan fingerprint density at radius 3 is 2.43 bits per heavy atom. The second-order valence-electron chi connectivity index (χ2n) is 6.12. The standard InChI is InChI=1S/C21H16F3N5O/c22-21(23,24)18-7-2-1-5-16(18)13-28-20(30)29-17-6-3-4-14(10-17)8-9-15-11-26-19(25)27-12-15/h1-7,10-12H,13H2,(H2,25,26,27)(H2,28,29,30). The number of carbonyl (C=O) groups is 1. The van der Waals surface area contributed by atoms with E-state index in [0.717, 1.165) is 6.07 Å². The van der Waals surface area contributed by atoms with E-state index >= 15 is 0 Å². The van der Waals surface area contributed by atoms with Crippen LogP contribution in [0, 0.1) is 11.8 Å². The van der Waals surface area contributed by atoms with Gasteiger partial charge in [0.05, 0.1) is 11.1 Å². The summed E-state index contributed by atoms with van der Waals surface area (Å²) >= 11 is 0. The predicted molar refractivity (Wildman–Crippen MR) is 106 cm³/mol. The third-order valence-corrected chi connectivity index (χ3v) is 3.91. The lowest BCUT2D eigenvalue weighted by Crippen LogP contribution is -2.29. The van der Waals surface area contributed by atoms with Crippen LogP contribution in [0.2, 0.25) is 0 Å². The molecule has 0 bridgehead atoms. The molecule has 0 atom stereocenters. The first-order chi connectivity index (χ1) is 14.3. The number of hydrogen-bond acceptors (Lipinski definition) is 4. The summed E-state index contributed by atoms with van der Waals surface area (Å²) in [4.78, 5) is 19.8. The summed E-state index contributed by atoms with van der Waals surface area (Å²) in [6.45, 7) is -0.266. The van der Waals surface area contributed by atoms with E-state index in [1.807, 2.05) is 0 Å². The molecule has 0 saturated heterocycles. The minimum atomic E-state index is -4.49. The van der Waals surface area contributed by atoms with Gasteiger partial charge in [-0.25, -0.2) is 14.8 Å². The third-order valence-electron chi connectivity index (χ3n) is 3.91. The van der Waals surface area contributed by atoms with Gasteiger partial charge in [0.1, 0.15) is 0 Å². The zero-order valence-electron chi connectivity index (χ0n) is 15.5. The van der Waals surface area contributed by atoms with Crippen LogP contribution in [0.25, 0.3) is 0 Å². The summed E-state index contributed by atoms with van der Waals surface area (Å²) in [5.74, 6) is 5.93. The van der Waals surface area contributed by atoms with Crippen molar-refractivity contribution < 1.29 is 18.0 Å². The number of benzene rings is 2. The van der Waals surface area contributed by atoms with Gasteiger partial charge in [-0.1, -0.05) is 36.1 Å². The van der Waals surface area contributed by atoms with Crippen LogP contribution in [0.15, 0.2) is 60.9 Å². The maximum Gasteiger partial charge on any atom is 0.416 e. The molecule has 0 unspecified atom stereocenters. The number of urea groups is 1. The second kappa shape index (κ2) is 8.96. The van der Waals surface area contributed by atoms with Gasteiger partial charge in [-0.05, 0) is 29.8 Å². The molecule has 0 saturated carbocycles. The molecule has 4 N–H and O–H groups in total. The van der Waals surface area contributed by atoms with Crippen LogP contribution in [-0.2, 0) is 12.7 Å². The van der Waals surface area contributed by atoms with Crippen molar-refractivity contribution in [3.63, 3.8) is 0 Å². The van der Waals surface area contributed by atoms with Crippen LogP contribution in [0.5, 0.6) is 0 Å². The number of carbonyl (C=O) groups excluding carboxylic acids is 1. The first kappa shape index (κ1) is 20.7. The first-order valence-electron chi connectivity index (χ1n) is 8.71. The van der Waals surface area contributed by atoms with Gasteiger partial charge >= 0.3 is 12.2 Å². The zero-order chi connectivity index (χ0) is 21.6. The summed E-state index contributed by atoms with van der Waals surface area (Å²) in [7, 11) is 0. The minimum Gasteiger partial charge on any atom is -0.368 e. The van der Waals surface area contributed by atoms with Gasteiger partial charge < -0.3 is 16.4 Å². The number of nitrogens with two attached hydrogens (primary N) is 1. The van der Waals surface area contributed by atoms with Gasteiger partial charge in [0.2, 0.25) is 5.95 Å². The lowest BCUT2D eigenvalue weighted by Gasteiger charge is -2.13. The van der Waals surface area contributed by atoms with Crippen LogP contribution < -0.4 is 16.4 Å². The van der Waals surface area contributed by atoms with Crippen molar-refractivity contribution in [1.29, 1.82) is 0 Å². The van der Waals surface area contributed by atoms with E-state index in [1.165, 1.54) is 30.6 Å². The molecule has 9 heteroatoms. The molecule has 0 aliphatic carbocycles. The van der Waals surface area contributed by atoms with Gasteiger partial charge in [0, 0.05) is 30.2 Å². The van der Waals surface area contributed by atoms with Crippen molar-refractivity contribution in [3.8, 4) is 11.8 Å². The molecule has 0 radical (unpaired) electrons. The van der Waals surface area contributed by atoms with E-state index < -0.39 is 17.8 Å². The molecular weight excluding hydrogens is 395 g/mol. The van der Waals surface area contributed by atoms with Crippen molar-refractivity contribution in [2.45, 2.75) is 12.7 Å². The average Bonchev–Trinajstić information content (AvgIpc) is 2.72. The molecule has 0 fully saturated rings. The topological polar surface area (TPSA) is 92.9 Å². The maximum atomic E-state index is 13.0. The van der Waals surface area contributed by atoms with E-state index in [4.69, 9.17) is 5.73 Å². The Bertz CT molecular complexity index is 1100. The Hall–Kier alpha value is -4.06. The van der Waals surface area contributed by atoms with Gasteiger partial charge in [-0.3, -0.25) is 0 Å². The van der Waals surface area contributed by atoms with Crippen molar-refractivity contribution in [1.82, 2.24) is 15.3 Å². The highest BCUT2D eigenvalue weighted by Gasteiger charge is 2.32. The highest BCUT2D eigenvalue weighted by atomic mass is 19.4. The Labute approximate surface area is 170 Å². The van der Waals surface area contributed by atoms with E-state index in [-0.39, 0.29) is 18.1 Å². The molecule has 0 aliphatic rings. The van der Waals surface area contributed by atoms with E-state index in [2.05, 4.69) is 32.4 Å². The fourth-order valence-corrected chi connectivity index (χ4v) is 2.52. The number of nitrogens with zero attached hydrogens (tertiary/aromatic N) is 2. The molecule has 6 nitrogen and oxygen atoms in total. The molecule has 1 heterocycles. The number of halogens is 3. The van der Waals surface area contributed by atoms with Crippen molar-refractivity contribution in [3.05, 3.63) is 83.2 Å². The molecule has 3 rings (SSSR count). The molecule has 0 aliphatic heterocycles. The molecule has 1 aromatic heterocycles. The summed E-state index contributed by atoms with van der Waals surface area (Å²) < 4.78 is 39.1. The number of nitrogen functional groups attached to an aromatic ring is 1. The van der Waals surface area contributed by atoms with Gasteiger partial charge in [-0.15, -0.1) is 0 Å². The Morgan fingerprint density at radius 2 is 1.70 bits per heavy atom. The second-order valence-corrected chi connectivity index (χ2v) is 6.12. The molecule has 30 heavy (non-hydrogen) atoms. The number of hydrogen-bond donors (Lipinski definition) is 3. The lowest BCUT2D eigenvalue weighted by molar-refractivity contribution is -0.138. The summed E-state index contributed by atoms with van der Waals surface area (Å²) in [6, 6.07) is 11.2. The molecule has 0 spiro atoms. The van der Waals surface area contributed by atoms with E-state index in [0.29, 0.717) is 16.8 Å². The molecular formula is C21H16F3N5O. The SMILES string of the molecule is Nc1ncc(C#Cc2cccc(NC(=O)NCc3ccccc3C(F)(F)F)c2)cn1. The monoisotopic (exact) mass is 411 g/mol. The smallest absolute Gasteiger partial charge is 0.368 e. The molecule has 3 aromatic rings. The summed E-state index contributed by atoms with van der Waals surface area (Å²) in [6.07, 6.45) is -1.51. The quantitative estimate of drug-likeness (QED) is 0.572. The normalized spacial score (nSPS) is 10.6. The number of rotatable bonds is 3. The van der Waals surface area contributed by atoms with Crippen LogP contribution in [-0.4, -0.2) is 16.0 Å².